The highest BCUT2D eigenvalue weighted by Crippen LogP contribution is 2.11. The van der Waals surface area contributed by atoms with Crippen LogP contribution in [0.15, 0.2) is 0 Å². The molecule has 0 rings (SSSR count). The van der Waals surface area contributed by atoms with Gasteiger partial charge in [-0.05, 0) is 26.8 Å². The van der Waals surface area contributed by atoms with Crippen LogP contribution in [0.1, 0.15) is 91.4 Å². The molecule has 0 fully saturated rings. The van der Waals surface area contributed by atoms with Gasteiger partial charge in [-0.15, -0.1) is 0 Å². The molecule has 0 radical (unpaired) electrons. The van der Waals surface area contributed by atoms with E-state index in [9.17, 15) is 4.79 Å². The minimum absolute atomic E-state index is 0.162. The van der Waals surface area contributed by atoms with Crippen molar-refractivity contribution in [2.45, 2.75) is 96.9 Å². The van der Waals surface area contributed by atoms with Gasteiger partial charge in [0.15, 0.2) is 0 Å². The van der Waals surface area contributed by atoms with Gasteiger partial charge in [0.05, 0.1) is 0 Å². The second-order valence-corrected chi connectivity index (χ2v) is 6.64. The number of rotatable bonds is 14. The van der Waals surface area contributed by atoms with E-state index in [2.05, 4.69) is 12.2 Å². The molecular formula is C17H36N2O. The smallest absolute Gasteiger partial charge is 0.219 e. The summed E-state index contributed by atoms with van der Waals surface area (Å²) in [6.07, 6.45) is 14.0. The van der Waals surface area contributed by atoms with Gasteiger partial charge >= 0.3 is 0 Å². The van der Waals surface area contributed by atoms with Gasteiger partial charge < -0.3 is 11.1 Å². The van der Waals surface area contributed by atoms with Gasteiger partial charge in [-0.2, -0.15) is 0 Å². The minimum Gasteiger partial charge on any atom is -0.370 e. The zero-order valence-corrected chi connectivity index (χ0v) is 14.0. The van der Waals surface area contributed by atoms with Crippen LogP contribution in [0.4, 0.5) is 0 Å². The molecule has 1 amide bonds. The lowest BCUT2D eigenvalue weighted by Crippen LogP contribution is -2.43. The highest BCUT2D eigenvalue weighted by atomic mass is 16.1. The first-order chi connectivity index (χ1) is 9.48. The van der Waals surface area contributed by atoms with Crippen molar-refractivity contribution >= 4 is 5.91 Å². The lowest BCUT2D eigenvalue weighted by atomic mass is 10.00. The van der Waals surface area contributed by atoms with E-state index in [1.54, 1.807) is 0 Å². The maximum Gasteiger partial charge on any atom is 0.219 e. The molecule has 0 unspecified atom stereocenters. The molecule has 0 bridgehead atoms. The summed E-state index contributed by atoms with van der Waals surface area (Å²) in [5.41, 5.74) is 5.07. The Balaban J connectivity index is 3.26. The number of carbonyl (C=O) groups excluding carboxylic acids is 1. The van der Waals surface area contributed by atoms with E-state index >= 15 is 0 Å². The van der Waals surface area contributed by atoms with Crippen LogP contribution in [-0.4, -0.2) is 18.0 Å². The Labute approximate surface area is 126 Å². The third kappa shape index (κ3) is 13.9. The third-order valence-electron chi connectivity index (χ3n) is 3.75. The molecule has 0 saturated heterocycles. The highest BCUT2D eigenvalue weighted by molar-refractivity contribution is 5.74. The van der Waals surface area contributed by atoms with Gasteiger partial charge in [-0.3, -0.25) is 4.79 Å². The molecule has 0 aliphatic rings. The lowest BCUT2D eigenvalue weighted by Gasteiger charge is -2.24. The normalized spacial score (nSPS) is 11.8. The number of unbranched alkanes of at least 4 members (excludes halogenated alkanes) is 9. The van der Waals surface area contributed by atoms with Crippen LogP contribution in [0.25, 0.3) is 0 Å². The van der Waals surface area contributed by atoms with Crippen molar-refractivity contribution in [3.05, 3.63) is 0 Å². The van der Waals surface area contributed by atoms with E-state index in [0.29, 0.717) is 6.42 Å². The summed E-state index contributed by atoms with van der Waals surface area (Å²) in [4.78, 5) is 10.9. The highest BCUT2D eigenvalue weighted by Gasteiger charge is 2.18. The average Bonchev–Trinajstić information content (AvgIpc) is 2.34. The van der Waals surface area contributed by atoms with E-state index in [0.717, 1.165) is 6.54 Å². The molecule has 0 saturated carbocycles. The summed E-state index contributed by atoms with van der Waals surface area (Å²) in [7, 11) is 0. The second kappa shape index (κ2) is 12.2. The van der Waals surface area contributed by atoms with Crippen molar-refractivity contribution in [1.82, 2.24) is 5.32 Å². The van der Waals surface area contributed by atoms with Crippen molar-refractivity contribution in [3.63, 3.8) is 0 Å². The van der Waals surface area contributed by atoms with Gasteiger partial charge in [0.2, 0.25) is 5.91 Å². The van der Waals surface area contributed by atoms with Crippen LogP contribution in [0.3, 0.4) is 0 Å². The molecule has 0 spiro atoms. The molecule has 0 heterocycles. The molecule has 0 aliphatic heterocycles. The van der Waals surface area contributed by atoms with Crippen LogP contribution in [0.2, 0.25) is 0 Å². The summed E-state index contributed by atoms with van der Waals surface area (Å²) in [6, 6.07) is 0. The third-order valence-corrected chi connectivity index (χ3v) is 3.75. The van der Waals surface area contributed by atoms with Gasteiger partial charge in [0.25, 0.3) is 0 Å². The summed E-state index contributed by atoms with van der Waals surface area (Å²) >= 11 is 0. The number of primary amides is 1. The predicted octanol–water partition coefficient (Wildman–Crippen LogP) is 4.15. The molecule has 3 N–H and O–H groups in total. The molecule has 0 aromatic rings. The average molecular weight is 284 g/mol. The van der Waals surface area contributed by atoms with Crippen LogP contribution < -0.4 is 11.1 Å². The fourth-order valence-corrected chi connectivity index (χ4v) is 2.54. The Bertz CT molecular complexity index is 239. The fourth-order valence-electron chi connectivity index (χ4n) is 2.54. The van der Waals surface area contributed by atoms with E-state index in [4.69, 9.17) is 5.73 Å². The maximum atomic E-state index is 10.9. The lowest BCUT2D eigenvalue weighted by molar-refractivity contribution is -0.119. The zero-order chi connectivity index (χ0) is 15.3. The minimum atomic E-state index is -0.231. The van der Waals surface area contributed by atoms with Gasteiger partial charge in [-0.1, -0.05) is 64.7 Å². The number of nitrogens with one attached hydrogen (secondary N) is 1. The Morgan fingerprint density at radius 1 is 0.900 bits per heavy atom. The largest absolute Gasteiger partial charge is 0.370 e. The molecule has 3 heteroatoms. The second-order valence-electron chi connectivity index (χ2n) is 6.64. The maximum absolute atomic E-state index is 10.9. The first-order valence-electron chi connectivity index (χ1n) is 8.51. The molecule has 0 aliphatic carbocycles. The van der Waals surface area contributed by atoms with Crippen molar-refractivity contribution in [1.29, 1.82) is 0 Å². The quantitative estimate of drug-likeness (QED) is 0.471. The van der Waals surface area contributed by atoms with Crippen LogP contribution >= 0.6 is 0 Å². The number of hydrogen-bond acceptors (Lipinski definition) is 2. The van der Waals surface area contributed by atoms with Crippen molar-refractivity contribution in [3.8, 4) is 0 Å². The van der Waals surface area contributed by atoms with E-state index < -0.39 is 0 Å². The van der Waals surface area contributed by atoms with Crippen molar-refractivity contribution < 1.29 is 4.79 Å². The van der Waals surface area contributed by atoms with E-state index in [1.165, 1.54) is 64.2 Å². The summed E-state index contributed by atoms with van der Waals surface area (Å²) in [5, 5.41) is 3.41. The summed E-state index contributed by atoms with van der Waals surface area (Å²) in [5.74, 6) is -0.231. The molecule has 3 nitrogen and oxygen atoms in total. The Morgan fingerprint density at radius 3 is 1.80 bits per heavy atom. The Kier molecular flexibility index (Phi) is 11.8. The molecule has 0 atom stereocenters. The SMILES string of the molecule is CCCCCCCCCCCCNC(C)(C)CC(N)=O. The van der Waals surface area contributed by atoms with Crippen molar-refractivity contribution in [2.24, 2.45) is 5.73 Å². The Hall–Kier alpha value is -0.570. The molecule has 0 aromatic carbocycles. The predicted molar refractivity (Wildman–Crippen MR) is 87.7 cm³/mol. The molecule has 120 valence electrons. The molecule has 0 aromatic heterocycles. The van der Waals surface area contributed by atoms with Crippen LogP contribution in [-0.2, 0) is 4.79 Å². The van der Waals surface area contributed by atoms with E-state index in [-0.39, 0.29) is 11.4 Å². The van der Waals surface area contributed by atoms with Gasteiger partial charge in [0.1, 0.15) is 0 Å². The summed E-state index contributed by atoms with van der Waals surface area (Å²) < 4.78 is 0. The first kappa shape index (κ1) is 19.4. The van der Waals surface area contributed by atoms with Gasteiger partial charge in [-0.25, -0.2) is 0 Å². The summed E-state index contributed by atoms with van der Waals surface area (Å²) in [6.45, 7) is 7.32. The van der Waals surface area contributed by atoms with E-state index in [1.807, 2.05) is 13.8 Å². The number of amides is 1. The van der Waals surface area contributed by atoms with Gasteiger partial charge in [0, 0.05) is 12.0 Å². The number of carbonyl (C=O) groups is 1. The zero-order valence-electron chi connectivity index (χ0n) is 14.0. The Morgan fingerprint density at radius 2 is 1.35 bits per heavy atom. The first-order valence-corrected chi connectivity index (χ1v) is 8.51. The molecule has 20 heavy (non-hydrogen) atoms. The monoisotopic (exact) mass is 284 g/mol. The van der Waals surface area contributed by atoms with Crippen LogP contribution in [0, 0.1) is 0 Å². The number of hydrogen-bond donors (Lipinski definition) is 2. The topological polar surface area (TPSA) is 55.1 Å². The number of nitrogens with two attached hydrogens (primary N) is 1. The molecular weight excluding hydrogens is 248 g/mol. The standard InChI is InChI=1S/C17H36N2O/c1-4-5-6-7-8-9-10-11-12-13-14-19-17(2,3)15-16(18)20/h19H,4-15H2,1-3H3,(H2,18,20). The van der Waals surface area contributed by atoms with Crippen LogP contribution in [0.5, 0.6) is 0 Å². The fraction of sp³-hybridized carbons (Fsp3) is 0.941. The van der Waals surface area contributed by atoms with Crippen molar-refractivity contribution in [2.75, 3.05) is 6.54 Å².